The number of aliphatic hydroxyl groups is 2. The van der Waals surface area contributed by atoms with Gasteiger partial charge < -0.3 is 20.0 Å². The Balaban J connectivity index is 1.33. The number of rotatable bonds is 8. The highest BCUT2D eigenvalue weighted by molar-refractivity contribution is 5.82. The molecule has 0 bridgehead atoms. The van der Waals surface area contributed by atoms with Crippen LogP contribution in [0.25, 0.3) is 0 Å². The molecule has 8 aromatic rings. The van der Waals surface area contributed by atoms with E-state index in [-0.39, 0.29) is 0 Å². The molecular weight excluding hydrogens is 709 g/mol. The molecule has 0 spiro atoms. The first kappa shape index (κ1) is 36.9. The van der Waals surface area contributed by atoms with Crippen molar-refractivity contribution in [3.05, 3.63) is 250 Å². The average Bonchev–Trinajstić information content (AvgIpc) is 3.26. The molecule has 0 heterocycles. The summed E-state index contributed by atoms with van der Waals surface area (Å²) in [5.74, 6) is 0. The maximum absolute atomic E-state index is 13.7. The molecule has 2 N–H and O–H groups in total. The van der Waals surface area contributed by atoms with E-state index in [1.54, 1.807) is 0 Å². The van der Waals surface area contributed by atoms with Crippen LogP contribution in [0, 0.1) is 27.7 Å². The highest BCUT2D eigenvalue weighted by Crippen LogP contribution is 2.55. The Kier molecular flexibility index (Phi) is 9.32. The van der Waals surface area contributed by atoms with Crippen LogP contribution in [0.15, 0.2) is 194 Å². The SMILES string of the molecule is Cc1ccc(N(c2ccc(C)cc2)c2ccc3c(c2)C(O)(c2ccccc2)c2ccc(N(c4ccc(C)cc4)c4ccc(C)cc4)cc2C3(O)c2ccccc2)cc1. The number of benzene rings is 8. The Hall–Kier alpha value is -6.72. The van der Waals surface area contributed by atoms with Gasteiger partial charge in [0.15, 0.2) is 0 Å². The van der Waals surface area contributed by atoms with Crippen LogP contribution in [0.4, 0.5) is 34.1 Å². The van der Waals surface area contributed by atoms with Crippen LogP contribution in [0.3, 0.4) is 0 Å². The Morgan fingerprint density at radius 1 is 0.293 bits per heavy atom. The van der Waals surface area contributed by atoms with Crippen LogP contribution >= 0.6 is 0 Å². The summed E-state index contributed by atoms with van der Waals surface area (Å²) in [6, 6.07) is 65.9. The topological polar surface area (TPSA) is 46.9 Å². The molecule has 0 amide bonds. The molecule has 58 heavy (non-hydrogen) atoms. The molecular formula is C54H46N2O2. The molecule has 4 heteroatoms. The smallest absolute Gasteiger partial charge is 0.141 e. The number of hydrogen-bond donors (Lipinski definition) is 2. The summed E-state index contributed by atoms with van der Waals surface area (Å²) in [7, 11) is 0. The summed E-state index contributed by atoms with van der Waals surface area (Å²) in [4.78, 5) is 4.43. The zero-order valence-corrected chi connectivity index (χ0v) is 33.3. The Bertz CT molecular complexity index is 2430. The first-order valence-corrected chi connectivity index (χ1v) is 19.9. The van der Waals surface area contributed by atoms with E-state index in [0.717, 1.165) is 34.1 Å². The molecule has 1 aliphatic rings. The van der Waals surface area contributed by atoms with E-state index in [1.165, 1.54) is 22.3 Å². The first-order chi connectivity index (χ1) is 28.1. The van der Waals surface area contributed by atoms with E-state index in [9.17, 15) is 10.2 Å². The Morgan fingerprint density at radius 3 is 0.828 bits per heavy atom. The van der Waals surface area contributed by atoms with Gasteiger partial charge in [-0.25, -0.2) is 0 Å². The van der Waals surface area contributed by atoms with Gasteiger partial charge in [0.25, 0.3) is 0 Å². The maximum atomic E-state index is 13.7. The normalized spacial score (nSPS) is 16.9. The highest BCUT2D eigenvalue weighted by Gasteiger charge is 2.51. The predicted molar refractivity (Wildman–Crippen MR) is 238 cm³/mol. The third kappa shape index (κ3) is 6.28. The van der Waals surface area contributed by atoms with Crippen LogP contribution in [0.2, 0.25) is 0 Å². The third-order valence-corrected chi connectivity index (χ3v) is 11.6. The lowest BCUT2D eigenvalue weighted by Crippen LogP contribution is -2.44. The fourth-order valence-corrected chi connectivity index (χ4v) is 8.51. The zero-order chi connectivity index (χ0) is 40.0. The minimum atomic E-state index is -1.63. The second kappa shape index (κ2) is 14.7. The lowest BCUT2D eigenvalue weighted by Gasteiger charge is -2.46. The van der Waals surface area contributed by atoms with Crippen LogP contribution < -0.4 is 9.80 Å². The molecule has 0 fully saturated rings. The molecule has 0 saturated carbocycles. The van der Waals surface area contributed by atoms with Crippen molar-refractivity contribution in [1.82, 2.24) is 0 Å². The van der Waals surface area contributed by atoms with Crippen molar-refractivity contribution in [2.24, 2.45) is 0 Å². The molecule has 0 aromatic heterocycles. The molecule has 8 aromatic carbocycles. The van der Waals surface area contributed by atoms with E-state index < -0.39 is 11.2 Å². The molecule has 1 aliphatic carbocycles. The number of aryl methyl sites for hydroxylation is 4. The van der Waals surface area contributed by atoms with Gasteiger partial charge in [-0.1, -0.05) is 144 Å². The van der Waals surface area contributed by atoms with Gasteiger partial charge in [-0.15, -0.1) is 0 Å². The quantitative estimate of drug-likeness (QED) is 0.162. The summed E-state index contributed by atoms with van der Waals surface area (Å²) >= 11 is 0. The van der Waals surface area contributed by atoms with Crippen molar-refractivity contribution in [2.75, 3.05) is 9.80 Å². The van der Waals surface area contributed by atoms with E-state index in [1.807, 2.05) is 72.8 Å². The van der Waals surface area contributed by atoms with E-state index >= 15 is 0 Å². The summed E-state index contributed by atoms with van der Waals surface area (Å²) in [6.45, 7) is 8.36. The number of anilines is 6. The summed E-state index contributed by atoms with van der Waals surface area (Å²) < 4.78 is 0. The molecule has 0 radical (unpaired) electrons. The van der Waals surface area contributed by atoms with Crippen LogP contribution in [0.5, 0.6) is 0 Å². The predicted octanol–water partition coefficient (Wildman–Crippen LogP) is 12.7. The van der Waals surface area contributed by atoms with Crippen molar-refractivity contribution >= 4 is 34.1 Å². The lowest BCUT2D eigenvalue weighted by atomic mass is 9.63. The number of fused-ring (bicyclic) bond motifs is 2. The van der Waals surface area contributed by atoms with Gasteiger partial charge in [-0.2, -0.15) is 0 Å². The van der Waals surface area contributed by atoms with Crippen molar-refractivity contribution < 1.29 is 10.2 Å². The van der Waals surface area contributed by atoms with Crippen molar-refractivity contribution in [2.45, 2.75) is 38.9 Å². The van der Waals surface area contributed by atoms with Gasteiger partial charge >= 0.3 is 0 Å². The second-order valence-electron chi connectivity index (χ2n) is 15.6. The van der Waals surface area contributed by atoms with Gasteiger partial charge in [0, 0.05) is 45.3 Å². The van der Waals surface area contributed by atoms with Gasteiger partial charge in [-0.3, -0.25) is 0 Å². The molecule has 0 aliphatic heterocycles. The standard InChI is InChI=1S/C54H46N2O2/c1-37-15-23-43(24-16-37)55(44-25-17-38(2)18-26-44)47-31-33-49-51(35-47)53(57,41-11-7-5-8-12-41)50-34-32-48(36-52(50)54(49,58)42-13-9-6-10-14-42)56(45-27-19-39(3)20-28-45)46-29-21-40(4)22-30-46/h5-36,57-58H,1-4H3. The Labute approximate surface area is 341 Å². The molecule has 284 valence electrons. The minimum Gasteiger partial charge on any atom is -0.376 e. The fourth-order valence-electron chi connectivity index (χ4n) is 8.51. The molecule has 2 unspecified atom stereocenters. The van der Waals surface area contributed by atoms with Gasteiger partial charge in [-0.05, 0) is 123 Å². The number of hydrogen-bond acceptors (Lipinski definition) is 4. The van der Waals surface area contributed by atoms with Gasteiger partial charge in [0.1, 0.15) is 11.2 Å². The van der Waals surface area contributed by atoms with Crippen LogP contribution in [-0.4, -0.2) is 10.2 Å². The van der Waals surface area contributed by atoms with E-state index in [4.69, 9.17) is 0 Å². The minimum absolute atomic E-state index is 0.612. The number of nitrogens with zero attached hydrogens (tertiary/aromatic N) is 2. The fraction of sp³-hybridized carbons (Fsp3) is 0.111. The maximum Gasteiger partial charge on any atom is 0.141 e. The van der Waals surface area contributed by atoms with Crippen molar-refractivity contribution in [3.63, 3.8) is 0 Å². The largest absolute Gasteiger partial charge is 0.376 e. The first-order valence-electron chi connectivity index (χ1n) is 19.9. The Morgan fingerprint density at radius 2 is 0.552 bits per heavy atom. The summed E-state index contributed by atoms with van der Waals surface area (Å²) in [5, 5.41) is 27.5. The highest BCUT2D eigenvalue weighted by atomic mass is 16.3. The van der Waals surface area contributed by atoms with Crippen molar-refractivity contribution in [3.8, 4) is 0 Å². The van der Waals surface area contributed by atoms with E-state index in [2.05, 4.69) is 159 Å². The summed E-state index contributed by atoms with van der Waals surface area (Å²) in [5.41, 5.74) is 11.0. The van der Waals surface area contributed by atoms with E-state index in [0.29, 0.717) is 33.4 Å². The molecule has 9 rings (SSSR count). The average molecular weight is 755 g/mol. The molecule has 0 saturated heterocycles. The van der Waals surface area contributed by atoms with Crippen LogP contribution in [0.1, 0.15) is 55.6 Å². The van der Waals surface area contributed by atoms with Gasteiger partial charge in [0.05, 0.1) is 0 Å². The van der Waals surface area contributed by atoms with Gasteiger partial charge in [0.2, 0.25) is 0 Å². The van der Waals surface area contributed by atoms with Crippen molar-refractivity contribution in [1.29, 1.82) is 0 Å². The van der Waals surface area contributed by atoms with Crippen LogP contribution in [-0.2, 0) is 11.2 Å². The molecule has 2 atom stereocenters. The lowest BCUT2D eigenvalue weighted by molar-refractivity contribution is 0.0749. The third-order valence-electron chi connectivity index (χ3n) is 11.6. The molecule has 4 nitrogen and oxygen atoms in total. The second-order valence-corrected chi connectivity index (χ2v) is 15.6. The monoisotopic (exact) mass is 754 g/mol. The zero-order valence-electron chi connectivity index (χ0n) is 33.3. The summed E-state index contributed by atoms with van der Waals surface area (Å²) in [6.07, 6.45) is 0.